The number of aromatic nitrogens is 2. The van der Waals surface area contributed by atoms with Crippen molar-refractivity contribution in [1.29, 1.82) is 0 Å². The average molecular weight is 456 g/mol. The van der Waals surface area contributed by atoms with Gasteiger partial charge in [0, 0.05) is 5.56 Å². The van der Waals surface area contributed by atoms with Gasteiger partial charge in [-0.05, 0) is 62.4 Å². The van der Waals surface area contributed by atoms with Crippen LogP contribution in [-0.2, 0) is 4.74 Å². The summed E-state index contributed by atoms with van der Waals surface area (Å²) in [6.07, 6.45) is 0. The van der Waals surface area contributed by atoms with Crippen molar-refractivity contribution < 1.29 is 14.3 Å². The van der Waals surface area contributed by atoms with E-state index in [0.717, 1.165) is 5.56 Å². The number of esters is 1. The van der Waals surface area contributed by atoms with E-state index in [1.165, 1.54) is 4.68 Å². The van der Waals surface area contributed by atoms with Gasteiger partial charge in [-0.2, -0.15) is 0 Å². The number of aliphatic imine (C=N–C) groups is 1. The van der Waals surface area contributed by atoms with E-state index in [1.807, 2.05) is 42.5 Å². The highest BCUT2D eigenvalue weighted by Gasteiger charge is 2.19. The summed E-state index contributed by atoms with van der Waals surface area (Å²) in [5.41, 5.74) is 4.11. The predicted octanol–water partition coefficient (Wildman–Crippen LogP) is 5.16. The molecule has 0 aliphatic carbocycles. The Labute approximate surface area is 197 Å². The van der Waals surface area contributed by atoms with E-state index in [4.69, 9.17) is 9.47 Å². The van der Waals surface area contributed by atoms with Crippen LogP contribution in [0.4, 0.5) is 5.69 Å². The monoisotopic (exact) mass is 455 g/mol. The van der Waals surface area contributed by atoms with E-state index in [0.29, 0.717) is 46.3 Å². The normalized spacial score (nSPS) is 11.3. The Hall–Kier alpha value is -4.39. The van der Waals surface area contributed by atoms with Crippen LogP contribution in [0.5, 0.6) is 5.75 Å². The smallest absolute Gasteiger partial charge is 0.338 e. The van der Waals surface area contributed by atoms with E-state index >= 15 is 0 Å². The topological polar surface area (TPSA) is 85.7 Å². The molecule has 172 valence electrons. The fourth-order valence-corrected chi connectivity index (χ4v) is 3.64. The molecular weight excluding hydrogens is 430 g/mol. The second-order valence-corrected chi connectivity index (χ2v) is 7.53. The summed E-state index contributed by atoms with van der Waals surface area (Å²) in [5, 5.41) is 3.25. The summed E-state index contributed by atoms with van der Waals surface area (Å²) in [6.45, 7) is 3.88. The summed E-state index contributed by atoms with van der Waals surface area (Å²) in [5.74, 6) is 0.324. The quantitative estimate of drug-likeness (QED) is 0.308. The maximum atomic E-state index is 13.5. The van der Waals surface area contributed by atoms with Crippen molar-refractivity contribution >= 4 is 17.4 Å². The Balaban J connectivity index is 1.78. The zero-order chi connectivity index (χ0) is 24.1. The third-order valence-electron chi connectivity index (χ3n) is 5.32. The molecule has 0 saturated carbocycles. The third-order valence-corrected chi connectivity index (χ3v) is 5.32. The molecule has 1 N–H and O–H groups in total. The molecule has 4 aromatic rings. The molecule has 0 aliphatic heterocycles. The Morgan fingerprint density at radius 2 is 1.65 bits per heavy atom. The minimum absolute atomic E-state index is 0.214. The Morgan fingerprint density at radius 3 is 2.26 bits per heavy atom. The average Bonchev–Trinajstić information content (AvgIpc) is 3.22. The van der Waals surface area contributed by atoms with Crippen molar-refractivity contribution in [3.05, 3.63) is 100 Å². The van der Waals surface area contributed by atoms with Gasteiger partial charge in [0.2, 0.25) is 0 Å². The van der Waals surface area contributed by atoms with Gasteiger partial charge in [-0.3, -0.25) is 14.9 Å². The molecule has 7 nitrogen and oxygen atoms in total. The van der Waals surface area contributed by atoms with E-state index in [9.17, 15) is 9.59 Å². The van der Waals surface area contributed by atoms with Crippen molar-refractivity contribution in [1.82, 2.24) is 9.78 Å². The molecule has 1 heterocycles. The predicted molar refractivity (Wildman–Crippen MR) is 133 cm³/mol. The zero-order valence-electron chi connectivity index (χ0n) is 19.2. The molecule has 0 atom stereocenters. The second-order valence-electron chi connectivity index (χ2n) is 7.53. The minimum atomic E-state index is -0.380. The van der Waals surface area contributed by atoms with Crippen LogP contribution in [0.2, 0.25) is 0 Å². The molecule has 0 bridgehead atoms. The Kier molecular flexibility index (Phi) is 6.73. The van der Waals surface area contributed by atoms with Gasteiger partial charge in [0.25, 0.3) is 5.56 Å². The summed E-state index contributed by atoms with van der Waals surface area (Å²) in [7, 11) is 1.60. The lowest BCUT2D eigenvalue weighted by Gasteiger charge is -2.04. The molecule has 0 radical (unpaired) electrons. The van der Waals surface area contributed by atoms with E-state index in [1.54, 1.807) is 57.4 Å². The lowest BCUT2D eigenvalue weighted by Crippen LogP contribution is -2.19. The number of carbonyl (C=O) groups is 1. The number of rotatable bonds is 7. The van der Waals surface area contributed by atoms with Gasteiger partial charge in [0.15, 0.2) is 0 Å². The molecule has 7 heteroatoms. The Bertz CT molecular complexity index is 1370. The van der Waals surface area contributed by atoms with E-state index < -0.39 is 0 Å². The highest BCUT2D eigenvalue weighted by molar-refractivity contribution is 6.04. The number of carbonyl (C=O) groups excluding carboxylic acids is 1. The summed E-state index contributed by atoms with van der Waals surface area (Å²) < 4.78 is 11.8. The first-order valence-electron chi connectivity index (χ1n) is 10.9. The van der Waals surface area contributed by atoms with Gasteiger partial charge >= 0.3 is 5.97 Å². The first kappa shape index (κ1) is 22.8. The van der Waals surface area contributed by atoms with Crippen molar-refractivity contribution in [2.75, 3.05) is 13.7 Å². The molecule has 3 aromatic carbocycles. The minimum Gasteiger partial charge on any atom is -0.497 e. The number of nitrogens with one attached hydrogen (secondary N) is 1. The largest absolute Gasteiger partial charge is 0.497 e. The fraction of sp³-hybridized carbons (Fsp3) is 0.148. The zero-order valence-corrected chi connectivity index (χ0v) is 19.2. The van der Waals surface area contributed by atoms with Crippen LogP contribution < -0.4 is 10.3 Å². The first-order chi connectivity index (χ1) is 16.5. The molecule has 0 amide bonds. The number of H-pyrrole nitrogens is 1. The number of nitrogens with zero attached hydrogens (tertiary/aromatic N) is 2. The van der Waals surface area contributed by atoms with Gasteiger partial charge in [-0.1, -0.05) is 30.3 Å². The molecular formula is C27H25N3O4. The maximum Gasteiger partial charge on any atom is 0.338 e. The number of aromatic amines is 1. The Morgan fingerprint density at radius 1 is 0.971 bits per heavy atom. The van der Waals surface area contributed by atoms with Crippen LogP contribution in [0.1, 0.15) is 29.8 Å². The first-order valence-corrected chi connectivity index (χ1v) is 10.9. The summed E-state index contributed by atoms with van der Waals surface area (Å²) >= 11 is 0. The van der Waals surface area contributed by atoms with Crippen LogP contribution in [0.15, 0.2) is 88.6 Å². The van der Waals surface area contributed by atoms with Gasteiger partial charge in [-0.25, -0.2) is 9.48 Å². The van der Waals surface area contributed by atoms with Crippen molar-refractivity contribution in [3.8, 4) is 22.7 Å². The SMILES string of the molecule is CCOC(=O)c1ccc(N=C(C)c2c(-c3ccccc3)[nH]n(-c3ccc(OC)cc3)c2=O)cc1. The van der Waals surface area contributed by atoms with Crippen LogP contribution in [0.25, 0.3) is 16.9 Å². The van der Waals surface area contributed by atoms with Crippen LogP contribution in [0, 0.1) is 0 Å². The third kappa shape index (κ3) is 4.68. The van der Waals surface area contributed by atoms with Crippen LogP contribution in [-0.4, -0.2) is 35.2 Å². The van der Waals surface area contributed by atoms with Crippen molar-refractivity contribution in [2.24, 2.45) is 4.99 Å². The van der Waals surface area contributed by atoms with Gasteiger partial charge in [0.1, 0.15) is 5.75 Å². The van der Waals surface area contributed by atoms with Crippen LogP contribution in [0.3, 0.4) is 0 Å². The lowest BCUT2D eigenvalue weighted by molar-refractivity contribution is 0.0526. The van der Waals surface area contributed by atoms with Gasteiger partial charge in [0.05, 0.1) is 47.6 Å². The highest BCUT2D eigenvalue weighted by Crippen LogP contribution is 2.24. The number of ether oxygens (including phenoxy) is 2. The number of methoxy groups -OCH3 is 1. The molecule has 4 rings (SSSR count). The second kappa shape index (κ2) is 10.0. The molecule has 0 unspecified atom stereocenters. The summed E-state index contributed by atoms with van der Waals surface area (Å²) in [6, 6.07) is 23.7. The highest BCUT2D eigenvalue weighted by atomic mass is 16.5. The number of hydrogen-bond donors (Lipinski definition) is 1. The molecule has 0 spiro atoms. The van der Waals surface area contributed by atoms with Crippen molar-refractivity contribution in [2.45, 2.75) is 13.8 Å². The van der Waals surface area contributed by atoms with E-state index in [-0.39, 0.29) is 11.5 Å². The van der Waals surface area contributed by atoms with Gasteiger partial charge in [-0.15, -0.1) is 0 Å². The van der Waals surface area contributed by atoms with Crippen molar-refractivity contribution in [3.63, 3.8) is 0 Å². The van der Waals surface area contributed by atoms with Crippen LogP contribution >= 0.6 is 0 Å². The molecule has 34 heavy (non-hydrogen) atoms. The van der Waals surface area contributed by atoms with E-state index in [2.05, 4.69) is 10.1 Å². The molecule has 0 fully saturated rings. The lowest BCUT2D eigenvalue weighted by atomic mass is 10.1. The number of hydrogen-bond acceptors (Lipinski definition) is 5. The standard InChI is InChI=1S/C27H25N3O4/c1-4-34-27(32)20-10-12-21(13-11-20)28-18(2)24-25(19-8-6-5-7-9-19)29-30(26(24)31)22-14-16-23(33-3)17-15-22/h5-17,29H,4H2,1-3H3. The number of benzene rings is 3. The fourth-order valence-electron chi connectivity index (χ4n) is 3.64. The molecule has 0 aliphatic rings. The summed E-state index contributed by atoms with van der Waals surface area (Å²) in [4.78, 5) is 30.1. The molecule has 1 aromatic heterocycles. The molecule has 0 saturated heterocycles. The van der Waals surface area contributed by atoms with Gasteiger partial charge < -0.3 is 9.47 Å². The maximum absolute atomic E-state index is 13.5.